The van der Waals surface area contributed by atoms with Gasteiger partial charge in [0.25, 0.3) is 11.8 Å². The van der Waals surface area contributed by atoms with Gasteiger partial charge in [-0.3, -0.25) is 9.59 Å². The number of nitrogens with one attached hydrogen (secondary N) is 2. The Labute approximate surface area is 160 Å². The first-order valence-corrected chi connectivity index (χ1v) is 8.64. The van der Waals surface area contributed by atoms with Gasteiger partial charge in [-0.25, -0.2) is 0 Å². The summed E-state index contributed by atoms with van der Waals surface area (Å²) in [6, 6.07) is 12.6. The summed E-state index contributed by atoms with van der Waals surface area (Å²) in [5, 5.41) is 25.0. The fraction of sp³-hybridized carbons (Fsp3) is 0.200. The van der Waals surface area contributed by atoms with E-state index in [4.69, 9.17) is 8.83 Å². The van der Waals surface area contributed by atoms with Gasteiger partial charge in [-0.15, -0.1) is 0 Å². The van der Waals surface area contributed by atoms with Crippen LogP contribution < -0.4 is 10.6 Å². The van der Waals surface area contributed by atoms with Crippen LogP contribution >= 0.6 is 0 Å². The number of aliphatic hydroxyl groups excluding tert-OH is 2. The van der Waals surface area contributed by atoms with Crippen molar-refractivity contribution in [1.82, 2.24) is 10.6 Å². The van der Waals surface area contributed by atoms with E-state index in [0.29, 0.717) is 22.6 Å². The fourth-order valence-electron chi connectivity index (χ4n) is 2.52. The van der Waals surface area contributed by atoms with Crippen LogP contribution in [0, 0.1) is 0 Å². The van der Waals surface area contributed by atoms with E-state index in [1.807, 2.05) is 0 Å². The molecule has 0 spiro atoms. The predicted octanol–water partition coefficient (Wildman–Crippen LogP) is 1.80. The summed E-state index contributed by atoms with van der Waals surface area (Å²) in [5.74, 6) is -0.0373. The van der Waals surface area contributed by atoms with E-state index < -0.39 is 12.2 Å². The predicted molar refractivity (Wildman–Crippen MR) is 98.4 cm³/mol. The fourth-order valence-corrected chi connectivity index (χ4v) is 2.52. The van der Waals surface area contributed by atoms with E-state index in [1.165, 1.54) is 36.8 Å². The molecule has 0 saturated heterocycles. The van der Waals surface area contributed by atoms with Crippen molar-refractivity contribution >= 4 is 11.8 Å². The summed E-state index contributed by atoms with van der Waals surface area (Å²) in [4.78, 5) is 24.3. The van der Waals surface area contributed by atoms with Gasteiger partial charge in [0, 0.05) is 11.1 Å². The normalized spacial score (nSPS) is 12.9. The van der Waals surface area contributed by atoms with Crippen molar-refractivity contribution in [2.24, 2.45) is 0 Å². The van der Waals surface area contributed by atoms with Crippen molar-refractivity contribution in [2.45, 2.75) is 12.2 Å². The molecule has 2 amide bonds. The Morgan fingerprint density at radius 3 is 1.46 bits per heavy atom. The van der Waals surface area contributed by atoms with Crippen molar-refractivity contribution < 1.29 is 28.6 Å². The molecule has 2 unspecified atom stereocenters. The molecule has 0 saturated carbocycles. The Morgan fingerprint density at radius 2 is 1.14 bits per heavy atom. The topological polar surface area (TPSA) is 125 Å². The van der Waals surface area contributed by atoms with Crippen LogP contribution in [-0.2, 0) is 0 Å². The number of aliphatic hydroxyl groups is 2. The highest BCUT2D eigenvalue weighted by atomic mass is 16.4. The van der Waals surface area contributed by atoms with Gasteiger partial charge < -0.3 is 29.7 Å². The largest absolute Gasteiger partial charge is 0.467 e. The van der Waals surface area contributed by atoms with Crippen LogP contribution in [0.1, 0.15) is 44.4 Å². The maximum absolute atomic E-state index is 12.1. The molecule has 4 N–H and O–H groups in total. The van der Waals surface area contributed by atoms with Crippen LogP contribution in [0.4, 0.5) is 0 Å². The van der Waals surface area contributed by atoms with Gasteiger partial charge in [-0.1, -0.05) is 0 Å². The lowest BCUT2D eigenvalue weighted by Crippen LogP contribution is -2.29. The van der Waals surface area contributed by atoms with Crippen LogP contribution in [0.3, 0.4) is 0 Å². The highest BCUT2D eigenvalue weighted by Crippen LogP contribution is 2.13. The molecule has 0 radical (unpaired) electrons. The molecule has 2 heterocycles. The summed E-state index contributed by atoms with van der Waals surface area (Å²) >= 11 is 0. The van der Waals surface area contributed by atoms with E-state index in [9.17, 15) is 19.8 Å². The highest BCUT2D eigenvalue weighted by molar-refractivity contribution is 5.97. The number of carbonyl (C=O) groups is 2. The Hall–Kier alpha value is -3.36. The smallest absolute Gasteiger partial charge is 0.251 e. The van der Waals surface area contributed by atoms with Crippen molar-refractivity contribution in [3.05, 3.63) is 83.7 Å². The standard InChI is InChI=1S/C20H20N2O6/c23-15(17-3-1-9-27-17)11-21-19(25)13-5-7-14(8-6-13)20(26)22-12-16(24)18-4-2-10-28-18/h1-10,15-16,23-24H,11-12H2,(H,21,25)(H,22,26). The third-order valence-corrected chi connectivity index (χ3v) is 4.06. The molecule has 28 heavy (non-hydrogen) atoms. The zero-order valence-electron chi connectivity index (χ0n) is 14.9. The molecule has 0 bridgehead atoms. The minimum atomic E-state index is -0.940. The van der Waals surface area contributed by atoms with Crippen LogP contribution in [0.25, 0.3) is 0 Å². The van der Waals surface area contributed by atoms with Crippen LogP contribution in [0.2, 0.25) is 0 Å². The summed E-state index contributed by atoms with van der Waals surface area (Å²) in [6.07, 6.45) is 1.00. The van der Waals surface area contributed by atoms with Gasteiger partial charge in [0.15, 0.2) is 0 Å². The lowest BCUT2D eigenvalue weighted by Gasteiger charge is -2.11. The monoisotopic (exact) mass is 384 g/mol. The maximum atomic E-state index is 12.1. The molecule has 8 nitrogen and oxygen atoms in total. The van der Waals surface area contributed by atoms with Gasteiger partial charge >= 0.3 is 0 Å². The van der Waals surface area contributed by atoms with Gasteiger partial charge in [0.05, 0.1) is 25.6 Å². The van der Waals surface area contributed by atoms with Gasteiger partial charge in [0.2, 0.25) is 0 Å². The molecule has 3 aromatic rings. The summed E-state index contributed by atoms with van der Waals surface area (Å²) in [7, 11) is 0. The molecule has 146 valence electrons. The minimum absolute atomic E-state index is 0.000742. The lowest BCUT2D eigenvalue weighted by molar-refractivity contribution is 0.0891. The van der Waals surface area contributed by atoms with E-state index in [1.54, 1.807) is 24.3 Å². The van der Waals surface area contributed by atoms with E-state index >= 15 is 0 Å². The van der Waals surface area contributed by atoms with Gasteiger partial charge in [0.1, 0.15) is 23.7 Å². The molecule has 0 fully saturated rings. The number of hydrogen-bond donors (Lipinski definition) is 4. The van der Waals surface area contributed by atoms with E-state index in [2.05, 4.69) is 10.6 Å². The minimum Gasteiger partial charge on any atom is -0.467 e. The number of carbonyl (C=O) groups excluding carboxylic acids is 2. The molecule has 2 aromatic heterocycles. The molecule has 2 atom stereocenters. The molecule has 1 aromatic carbocycles. The first kappa shape index (κ1) is 19.4. The SMILES string of the molecule is O=C(NCC(O)c1ccco1)c1ccc(C(=O)NCC(O)c2ccco2)cc1. The average Bonchev–Trinajstić information content (AvgIpc) is 3.44. The summed E-state index contributed by atoms with van der Waals surface area (Å²) in [6.45, 7) is -0.00148. The third kappa shape index (κ3) is 4.87. The number of hydrogen-bond acceptors (Lipinski definition) is 6. The zero-order valence-corrected chi connectivity index (χ0v) is 14.9. The lowest BCUT2D eigenvalue weighted by atomic mass is 10.1. The Bertz CT molecular complexity index is 812. The van der Waals surface area contributed by atoms with Crippen molar-refractivity contribution in [1.29, 1.82) is 0 Å². The second-order valence-electron chi connectivity index (χ2n) is 6.06. The maximum Gasteiger partial charge on any atom is 0.251 e. The number of benzene rings is 1. The van der Waals surface area contributed by atoms with Crippen molar-refractivity contribution in [3.8, 4) is 0 Å². The molecule has 0 aliphatic heterocycles. The number of furan rings is 2. The second-order valence-corrected chi connectivity index (χ2v) is 6.06. The first-order chi connectivity index (χ1) is 13.5. The summed E-state index contributed by atoms with van der Waals surface area (Å²) < 4.78 is 10.1. The van der Waals surface area contributed by atoms with Crippen LogP contribution in [0.5, 0.6) is 0 Å². The third-order valence-electron chi connectivity index (χ3n) is 4.06. The van der Waals surface area contributed by atoms with Crippen molar-refractivity contribution in [3.63, 3.8) is 0 Å². The van der Waals surface area contributed by atoms with Crippen LogP contribution in [-0.4, -0.2) is 35.1 Å². The quantitative estimate of drug-likeness (QED) is 0.469. The Kier molecular flexibility index (Phi) is 6.25. The van der Waals surface area contributed by atoms with E-state index in [-0.39, 0.29) is 24.9 Å². The molecule has 0 aliphatic rings. The molecule has 8 heteroatoms. The zero-order chi connectivity index (χ0) is 19.9. The van der Waals surface area contributed by atoms with Crippen LogP contribution in [0.15, 0.2) is 69.9 Å². The molecule has 0 aliphatic carbocycles. The average molecular weight is 384 g/mol. The second kappa shape index (κ2) is 9.03. The molecular weight excluding hydrogens is 364 g/mol. The highest BCUT2D eigenvalue weighted by Gasteiger charge is 2.15. The molecular formula is C20H20N2O6. The molecule has 3 rings (SSSR count). The Morgan fingerprint density at radius 1 is 0.750 bits per heavy atom. The van der Waals surface area contributed by atoms with E-state index in [0.717, 1.165) is 0 Å². The first-order valence-electron chi connectivity index (χ1n) is 8.64. The number of amides is 2. The van der Waals surface area contributed by atoms with Crippen molar-refractivity contribution in [2.75, 3.05) is 13.1 Å². The Balaban J connectivity index is 1.49. The van der Waals surface area contributed by atoms with Gasteiger partial charge in [-0.2, -0.15) is 0 Å². The van der Waals surface area contributed by atoms with Gasteiger partial charge in [-0.05, 0) is 48.5 Å². The summed E-state index contributed by atoms with van der Waals surface area (Å²) in [5.41, 5.74) is 0.692. The number of rotatable bonds is 8.